The van der Waals surface area contributed by atoms with Gasteiger partial charge in [0.25, 0.3) is 0 Å². The molecule has 2 aromatic heterocycles. The van der Waals surface area contributed by atoms with Crippen molar-refractivity contribution in [3.63, 3.8) is 0 Å². The number of carbonyl (C=O) groups excluding carboxylic acids is 15. The molecule has 43 heteroatoms. The zero-order chi connectivity index (χ0) is 95.7. The largest absolute Gasteiger partial charge is 0.508 e. The molecule has 0 unspecified atom stereocenters. The van der Waals surface area contributed by atoms with E-state index in [2.05, 4.69) is 102 Å². The maximum Gasteiger partial charge on any atom is 0.305 e. The molecule has 0 spiro atoms. The van der Waals surface area contributed by atoms with Gasteiger partial charge in [-0.15, -0.1) is 0 Å². The monoisotopic (exact) mass is 1840 g/mol. The molecule has 15 amide bonds. The number of aromatic hydroxyl groups is 1. The number of thiol groups is 2. The average Bonchev–Trinajstić information content (AvgIpc) is 1.38. The summed E-state index contributed by atoms with van der Waals surface area (Å²) in [7, 11) is 0. The number of fused-ring (bicyclic) bond motifs is 2. The van der Waals surface area contributed by atoms with Gasteiger partial charge in [-0.1, -0.05) is 92.7 Å². The Hall–Kier alpha value is -12.9. The lowest BCUT2D eigenvalue weighted by Crippen LogP contribution is -2.64. The molecule has 0 saturated carbocycles. The first-order valence-corrected chi connectivity index (χ1v) is 43.8. The van der Waals surface area contributed by atoms with Gasteiger partial charge in [-0.05, 0) is 150 Å². The van der Waals surface area contributed by atoms with E-state index in [1.807, 2.05) is 0 Å². The number of nitrogens with one attached hydrogen (secondary N) is 18. The van der Waals surface area contributed by atoms with Crippen molar-refractivity contribution < 1.29 is 91.7 Å². The maximum atomic E-state index is 15.5. The first kappa shape index (κ1) is 106. The van der Waals surface area contributed by atoms with Gasteiger partial charge in [0.2, 0.25) is 88.6 Å². The van der Waals surface area contributed by atoms with Crippen molar-refractivity contribution in [2.24, 2.45) is 28.9 Å². The van der Waals surface area contributed by atoms with Gasteiger partial charge in [-0.3, -0.25) is 82.1 Å². The van der Waals surface area contributed by atoms with Gasteiger partial charge < -0.3 is 128 Å². The van der Waals surface area contributed by atoms with Crippen molar-refractivity contribution in [3.8, 4) is 5.75 Å². The van der Waals surface area contributed by atoms with E-state index in [0.717, 1.165) is 0 Å². The van der Waals surface area contributed by atoms with Crippen molar-refractivity contribution >= 4 is 148 Å². The number of phenolic OH excluding ortho intramolecular Hbond substituents is 1. The summed E-state index contributed by atoms with van der Waals surface area (Å²) in [5.74, 6) is -16.0. The lowest BCUT2D eigenvalue weighted by Gasteiger charge is -2.33. The molecule has 6 rings (SSSR count). The summed E-state index contributed by atoms with van der Waals surface area (Å²) in [6.07, 6.45) is 2.87. The van der Waals surface area contributed by atoms with Gasteiger partial charge in [0.1, 0.15) is 84.9 Å². The second-order valence-corrected chi connectivity index (χ2v) is 33.8. The fraction of sp³-hybridized carbons (Fsp3) is 0.483. The number of guanidine groups is 1. The molecule has 28 N–H and O–H groups in total. The van der Waals surface area contributed by atoms with Crippen LogP contribution in [-0.2, 0) is 107 Å². The van der Waals surface area contributed by atoms with E-state index in [1.54, 1.807) is 105 Å². The number of benzene rings is 4. The van der Waals surface area contributed by atoms with Crippen LogP contribution in [0, 0.1) is 11.3 Å². The minimum Gasteiger partial charge on any atom is -0.508 e. The van der Waals surface area contributed by atoms with Crippen LogP contribution in [0.15, 0.2) is 116 Å². The smallest absolute Gasteiger partial charge is 0.305 e. The molecule has 0 aliphatic carbocycles. The third-order valence-corrected chi connectivity index (χ3v) is 21.3. The Morgan fingerprint density at radius 3 is 1.41 bits per heavy atom. The first-order chi connectivity index (χ1) is 61.8. The zero-order valence-corrected chi connectivity index (χ0v) is 75.4. The number of carbonyl (C=O) groups is 16. The van der Waals surface area contributed by atoms with Gasteiger partial charge in [0, 0.05) is 84.6 Å². The Bertz CT molecular complexity index is 4860. The molecule has 708 valence electrons. The number of unbranched alkanes of at least 4 members (excludes halogenated alkanes) is 2. The minimum absolute atomic E-state index is 0.000875. The molecule has 130 heavy (non-hydrogen) atoms. The lowest BCUT2D eigenvalue weighted by molar-refractivity contribution is -0.141. The number of phenols is 1. The van der Waals surface area contributed by atoms with Crippen LogP contribution in [0.2, 0.25) is 0 Å². The Balaban J connectivity index is 1.28. The van der Waals surface area contributed by atoms with Gasteiger partial charge in [-0.25, -0.2) is 0 Å². The number of nitrogens with two attached hydrogens (primary N) is 4. The molecule has 0 aliphatic rings. The highest BCUT2D eigenvalue weighted by Crippen LogP contribution is 2.24. The first-order valence-electron chi connectivity index (χ1n) is 42.8. The molecule has 0 bridgehead atoms. The van der Waals surface area contributed by atoms with Crippen LogP contribution in [0.4, 0.5) is 0 Å². The van der Waals surface area contributed by atoms with Crippen molar-refractivity contribution in [1.29, 1.82) is 5.41 Å². The summed E-state index contributed by atoms with van der Waals surface area (Å²) in [5.41, 5.74) is 25.7. The third-order valence-electron chi connectivity index (χ3n) is 20.8. The highest BCUT2D eigenvalue weighted by atomic mass is 32.1. The van der Waals surface area contributed by atoms with E-state index in [0.29, 0.717) is 69.9 Å². The Kier molecular flexibility index (Phi) is 43.8. The Morgan fingerprint density at radius 2 is 0.908 bits per heavy atom. The van der Waals surface area contributed by atoms with E-state index in [4.69, 9.17) is 45.7 Å². The molecule has 4 aromatic carbocycles. The van der Waals surface area contributed by atoms with E-state index in [-0.39, 0.29) is 102 Å². The lowest BCUT2D eigenvalue weighted by atomic mass is 9.97. The summed E-state index contributed by atoms with van der Waals surface area (Å²) in [6.45, 7) is 7.90. The van der Waals surface area contributed by atoms with Gasteiger partial charge in [-0.2, -0.15) is 25.3 Å². The van der Waals surface area contributed by atoms with Crippen LogP contribution in [0.3, 0.4) is 0 Å². The second-order valence-electron chi connectivity index (χ2n) is 32.2. The number of aromatic amines is 2. The zero-order valence-electron chi connectivity index (χ0n) is 73.6. The average molecular weight is 1850 g/mol. The molecule has 0 fully saturated rings. The minimum atomic E-state index is -1.89. The molecule has 12 atom stereocenters. The van der Waals surface area contributed by atoms with Crippen LogP contribution >= 0.6 is 25.3 Å². The molecular weight excluding hydrogens is 1720 g/mol. The number of carboxylic acid groups (broad SMARTS) is 1. The summed E-state index contributed by atoms with van der Waals surface area (Å²) >= 11 is 8.97. The number of H-pyrrole nitrogens is 2. The highest BCUT2D eigenvalue weighted by Gasteiger charge is 2.42. The SMILES string of the molecule is CC(=O)N[C@@H](C)C(=O)N[C@@H](CCS)C(=O)N[C@@H](CC(=O)O)C(=O)N[C@@H](Cc1c[nH]c2ccccc12)C(=O)N[C@H](C(=O)N[C@H](C(=O)N[C@@H](Cc1ccc(O)cc1)C(=O)N[C@@H](Cc1c[nH]c2ccccc12)C(=O)N[C@@H](CCCNC(=N)N)C(=O)N[C@@H](CCCCN)C(=O)N[C@@H](Cc1ccccc1)C(=O)NCC(=O)NCCOCC(=O)N[C@H](CCCCN)C(N)=O)C(C)(C)S)C(C)C. The number of para-hydroxylation sites is 2. The molecule has 6 aromatic rings. The van der Waals surface area contributed by atoms with E-state index in [1.165, 1.54) is 52.0 Å². The van der Waals surface area contributed by atoms with Crippen LogP contribution < -0.4 is 103 Å². The topological polar surface area (TPSA) is 663 Å². The van der Waals surface area contributed by atoms with Crippen molar-refractivity contribution in [2.45, 2.75) is 209 Å². The van der Waals surface area contributed by atoms with Gasteiger partial charge in [0.05, 0.1) is 19.6 Å². The predicted octanol–water partition coefficient (Wildman–Crippen LogP) is -2.10. The summed E-state index contributed by atoms with van der Waals surface area (Å²) in [4.78, 5) is 230. The van der Waals surface area contributed by atoms with Crippen LogP contribution in [-0.4, -0.2) is 250 Å². The van der Waals surface area contributed by atoms with Crippen LogP contribution in [0.25, 0.3) is 21.8 Å². The number of rotatable bonds is 57. The maximum absolute atomic E-state index is 15.5. The Morgan fingerprint density at radius 1 is 0.462 bits per heavy atom. The number of carboxylic acids is 1. The predicted molar refractivity (Wildman–Crippen MR) is 490 cm³/mol. The quantitative estimate of drug-likeness (QED) is 0.00841. The number of amides is 15. The Labute approximate surface area is 763 Å². The number of ether oxygens (including phenoxy) is 1. The number of hydrogen-bond acceptors (Lipinski definition) is 23. The number of primary amides is 1. The fourth-order valence-corrected chi connectivity index (χ4v) is 14.3. The second kappa shape index (κ2) is 53.8. The molecule has 0 radical (unpaired) electrons. The van der Waals surface area contributed by atoms with Crippen LogP contribution in [0.1, 0.15) is 128 Å². The van der Waals surface area contributed by atoms with Gasteiger partial charge in [0.15, 0.2) is 5.96 Å². The molecule has 0 saturated heterocycles. The summed E-state index contributed by atoms with van der Waals surface area (Å²) in [5, 5.41) is 68.8. The van der Waals surface area contributed by atoms with Crippen molar-refractivity contribution in [3.05, 3.63) is 138 Å². The van der Waals surface area contributed by atoms with E-state index >= 15 is 28.8 Å². The van der Waals surface area contributed by atoms with Gasteiger partial charge >= 0.3 is 5.97 Å². The van der Waals surface area contributed by atoms with Crippen molar-refractivity contribution in [1.82, 2.24) is 89.7 Å². The molecular formula is C87H124N22O19S2. The third kappa shape index (κ3) is 36.0. The highest BCUT2D eigenvalue weighted by molar-refractivity contribution is 7.81. The number of hydrogen-bond donors (Lipinski definition) is 26. The normalized spacial score (nSPS) is 14.1. The summed E-state index contributed by atoms with van der Waals surface area (Å²) in [6, 6.07) is 10.3. The number of aromatic nitrogens is 2. The molecule has 2 heterocycles. The molecule has 0 aliphatic heterocycles. The number of aliphatic carboxylic acids is 1. The van der Waals surface area contributed by atoms with Crippen LogP contribution in [0.5, 0.6) is 5.75 Å². The van der Waals surface area contributed by atoms with E-state index < -0.39 is 203 Å². The molecule has 41 nitrogen and oxygen atoms in total. The standard InChI is InChI=1S/C87H124N22O19S2/c1-48(2)72(108-83(125)67(42-54-45-96-59-24-13-11-22-57(54)59)105-82(124)68(43-71(114)115)106-79(121)63(32-38-129)100-75(117)49(3)98-50(4)110)84(126)109-73(87(5,6)130)85(127)107-65(40-52-28-30-55(111)31-29-52)80(122)104-66(41-53-44-95-58-23-12-10-21-56(53)58)81(123)102-62(27-18-35-94-86(91)92)77(119)101-61(26-15-17-34-89)78(120)103-64(39-51-19-8-7-9-20-51)76(118)97-46-69(112)93-36-37-128-47-70(113)99-60(74(90)116)25-14-16-33-88/h7-13,19-24,28-31,44-45,48-49,60-68,72-73,95-96,111,129-130H,14-18,25-27,32-43,46-47,88-89H2,1-6H3,(H2,90,116)(H,93,112)(H,97,118)(H,98,110)(H,99,113)(H,100,117)(H,101,119)(H,102,123)(H,103,120)(H,104,122)(H,105,124)(H,106,121)(H,107,127)(H,108,125)(H,109,126)(H,114,115)(H4,91,92,94)/t49-,60+,61-,62-,63-,64-,65-,66-,67-,68-,72-,73+/m0/s1. The fourth-order valence-electron chi connectivity index (χ4n) is 13.9. The summed E-state index contributed by atoms with van der Waals surface area (Å²) < 4.78 is 3.84. The van der Waals surface area contributed by atoms with E-state index in [9.17, 15) is 58.2 Å². The van der Waals surface area contributed by atoms with Crippen molar-refractivity contribution in [2.75, 3.05) is 51.7 Å².